The minimum atomic E-state index is -0.788. The summed E-state index contributed by atoms with van der Waals surface area (Å²) in [5.41, 5.74) is 1.31. The number of aromatic nitrogens is 2. The standard InChI is InChI=1S/C15H16ClN3O2S/c16-15-17-12(19-7-3-5-9(19)14(20)21)11-8-4-1-2-6-10(8)22-13(11)18-15/h9H,1-7H2,(H,20,21). The van der Waals surface area contributed by atoms with E-state index in [0.29, 0.717) is 13.0 Å². The number of halogens is 1. The maximum atomic E-state index is 11.5. The molecule has 7 heteroatoms. The van der Waals surface area contributed by atoms with Crippen LogP contribution in [0.15, 0.2) is 0 Å². The summed E-state index contributed by atoms with van der Waals surface area (Å²) >= 11 is 7.79. The van der Waals surface area contributed by atoms with Crippen molar-refractivity contribution in [3.05, 3.63) is 15.7 Å². The lowest BCUT2D eigenvalue weighted by molar-refractivity contribution is -0.138. The predicted octanol–water partition coefficient (Wildman–Crippen LogP) is 3.28. The summed E-state index contributed by atoms with van der Waals surface area (Å²) in [6, 6.07) is -0.506. The number of nitrogens with zero attached hydrogens (tertiary/aromatic N) is 3. The van der Waals surface area contributed by atoms with Crippen molar-refractivity contribution in [3.63, 3.8) is 0 Å². The van der Waals surface area contributed by atoms with E-state index in [0.717, 1.165) is 35.3 Å². The molecule has 1 saturated heterocycles. The van der Waals surface area contributed by atoms with E-state index in [2.05, 4.69) is 9.97 Å². The highest BCUT2D eigenvalue weighted by Crippen LogP contribution is 2.41. The molecule has 0 radical (unpaired) electrons. The Morgan fingerprint density at radius 1 is 1.27 bits per heavy atom. The van der Waals surface area contributed by atoms with Crippen molar-refractivity contribution in [1.82, 2.24) is 9.97 Å². The van der Waals surface area contributed by atoms with Crippen LogP contribution in [0.2, 0.25) is 5.28 Å². The van der Waals surface area contributed by atoms with Crippen LogP contribution in [-0.4, -0.2) is 33.6 Å². The van der Waals surface area contributed by atoms with E-state index in [9.17, 15) is 9.90 Å². The van der Waals surface area contributed by atoms with Gasteiger partial charge in [-0.1, -0.05) is 0 Å². The van der Waals surface area contributed by atoms with Gasteiger partial charge < -0.3 is 10.0 Å². The van der Waals surface area contributed by atoms with Gasteiger partial charge in [0.2, 0.25) is 5.28 Å². The van der Waals surface area contributed by atoms with Gasteiger partial charge in [-0.25, -0.2) is 9.78 Å². The number of hydrogen-bond acceptors (Lipinski definition) is 5. The van der Waals surface area contributed by atoms with E-state index >= 15 is 0 Å². The largest absolute Gasteiger partial charge is 0.480 e. The molecule has 5 nitrogen and oxygen atoms in total. The first-order valence-electron chi connectivity index (χ1n) is 7.62. The van der Waals surface area contributed by atoms with Crippen molar-refractivity contribution in [1.29, 1.82) is 0 Å². The van der Waals surface area contributed by atoms with E-state index in [1.807, 2.05) is 4.90 Å². The van der Waals surface area contributed by atoms with Crippen LogP contribution >= 0.6 is 22.9 Å². The van der Waals surface area contributed by atoms with Crippen LogP contribution in [0.1, 0.15) is 36.1 Å². The van der Waals surface area contributed by atoms with Crippen LogP contribution in [0.5, 0.6) is 0 Å². The molecule has 116 valence electrons. The van der Waals surface area contributed by atoms with E-state index in [1.165, 1.54) is 23.3 Å². The molecule has 0 bridgehead atoms. The fourth-order valence-electron chi connectivity index (χ4n) is 3.60. The highest BCUT2D eigenvalue weighted by Gasteiger charge is 2.34. The minimum Gasteiger partial charge on any atom is -0.480 e. The Bertz CT molecular complexity index is 761. The lowest BCUT2D eigenvalue weighted by atomic mass is 9.97. The molecule has 2 aliphatic rings. The van der Waals surface area contributed by atoms with Crippen LogP contribution in [-0.2, 0) is 17.6 Å². The molecule has 4 rings (SSSR count). The normalized spacial score (nSPS) is 21.3. The van der Waals surface area contributed by atoms with Gasteiger partial charge in [0, 0.05) is 11.4 Å². The van der Waals surface area contributed by atoms with Gasteiger partial charge in [0.1, 0.15) is 16.7 Å². The molecule has 1 aliphatic carbocycles. The van der Waals surface area contributed by atoms with Gasteiger partial charge in [-0.2, -0.15) is 4.98 Å². The van der Waals surface area contributed by atoms with Crippen LogP contribution in [0.3, 0.4) is 0 Å². The second-order valence-electron chi connectivity index (χ2n) is 5.90. The Kier molecular flexibility index (Phi) is 3.46. The van der Waals surface area contributed by atoms with Crippen molar-refractivity contribution in [2.75, 3.05) is 11.4 Å². The Labute approximate surface area is 136 Å². The first-order chi connectivity index (χ1) is 10.6. The fraction of sp³-hybridized carbons (Fsp3) is 0.533. The highest BCUT2D eigenvalue weighted by atomic mass is 35.5. The first kappa shape index (κ1) is 14.2. The quantitative estimate of drug-likeness (QED) is 0.852. The number of carboxylic acid groups (broad SMARTS) is 1. The zero-order valence-corrected chi connectivity index (χ0v) is 13.6. The van der Waals surface area contributed by atoms with Gasteiger partial charge in [0.05, 0.1) is 5.39 Å². The molecule has 1 atom stereocenters. The first-order valence-corrected chi connectivity index (χ1v) is 8.82. The molecular formula is C15H16ClN3O2S. The van der Waals surface area contributed by atoms with Gasteiger partial charge in [-0.05, 0) is 55.7 Å². The third-order valence-electron chi connectivity index (χ3n) is 4.58. The summed E-state index contributed by atoms with van der Waals surface area (Å²) in [7, 11) is 0. The Morgan fingerprint density at radius 3 is 2.91 bits per heavy atom. The number of rotatable bonds is 2. The van der Waals surface area contributed by atoms with Crippen molar-refractivity contribution >= 4 is 44.9 Å². The number of hydrogen-bond donors (Lipinski definition) is 1. The topological polar surface area (TPSA) is 66.3 Å². The maximum Gasteiger partial charge on any atom is 0.326 e. The summed E-state index contributed by atoms with van der Waals surface area (Å²) < 4.78 is 0. The summed E-state index contributed by atoms with van der Waals surface area (Å²) in [4.78, 5) is 24.5. The number of carboxylic acids is 1. The molecule has 1 unspecified atom stereocenters. The number of aryl methyl sites for hydroxylation is 2. The number of carbonyl (C=O) groups is 1. The highest BCUT2D eigenvalue weighted by molar-refractivity contribution is 7.19. The smallest absolute Gasteiger partial charge is 0.326 e. The van der Waals surface area contributed by atoms with E-state index < -0.39 is 12.0 Å². The lowest BCUT2D eigenvalue weighted by Crippen LogP contribution is -2.36. The molecule has 0 aromatic carbocycles. The molecule has 1 fully saturated rings. The lowest BCUT2D eigenvalue weighted by Gasteiger charge is -2.24. The molecule has 3 heterocycles. The third-order valence-corrected chi connectivity index (χ3v) is 5.93. The summed E-state index contributed by atoms with van der Waals surface area (Å²) in [6.45, 7) is 0.712. The van der Waals surface area contributed by atoms with Crippen molar-refractivity contribution < 1.29 is 9.90 Å². The average Bonchev–Trinajstić information content (AvgIpc) is 3.10. The van der Waals surface area contributed by atoms with Crippen LogP contribution in [0.4, 0.5) is 5.82 Å². The molecule has 0 spiro atoms. The van der Waals surface area contributed by atoms with Gasteiger partial charge in [-0.15, -0.1) is 11.3 Å². The zero-order chi connectivity index (χ0) is 15.3. The molecular weight excluding hydrogens is 322 g/mol. The van der Waals surface area contributed by atoms with E-state index in [4.69, 9.17) is 11.6 Å². The second kappa shape index (κ2) is 5.35. The van der Waals surface area contributed by atoms with Crippen molar-refractivity contribution in [2.24, 2.45) is 0 Å². The maximum absolute atomic E-state index is 11.5. The third kappa shape index (κ3) is 2.16. The van der Waals surface area contributed by atoms with Crippen molar-refractivity contribution in [3.8, 4) is 0 Å². The van der Waals surface area contributed by atoms with Gasteiger partial charge in [-0.3, -0.25) is 0 Å². The van der Waals surface area contributed by atoms with Gasteiger partial charge in [0.25, 0.3) is 0 Å². The molecule has 2 aromatic heterocycles. The Hall–Kier alpha value is -1.40. The summed E-state index contributed by atoms with van der Waals surface area (Å²) in [5.74, 6) is -0.0659. The van der Waals surface area contributed by atoms with Gasteiger partial charge in [0.15, 0.2) is 0 Å². The number of anilines is 1. The van der Waals surface area contributed by atoms with Crippen LogP contribution in [0.25, 0.3) is 10.2 Å². The second-order valence-corrected chi connectivity index (χ2v) is 7.32. The molecule has 1 N–H and O–H groups in total. The summed E-state index contributed by atoms with van der Waals surface area (Å²) in [6.07, 6.45) is 6.01. The molecule has 22 heavy (non-hydrogen) atoms. The van der Waals surface area contributed by atoms with E-state index in [-0.39, 0.29) is 5.28 Å². The predicted molar refractivity (Wildman–Crippen MR) is 87.1 cm³/mol. The minimum absolute atomic E-state index is 0.206. The fourth-order valence-corrected chi connectivity index (χ4v) is 5.07. The zero-order valence-electron chi connectivity index (χ0n) is 12.0. The number of fused-ring (bicyclic) bond motifs is 3. The molecule has 2 aromatic rings. The Morgan fingerprint density at radius 2 is 2.09 bits per heavy atom. The molecule has 1 aliphatic heterocycles. The Balaban J connectivity index is 1.92. The molecule has 0 amide bonds. The average molecular weight is 338 g/mol. The van der Waals surface area contributed by atoms with E-state index in [1.54, 1.807) is 11.3 Å². The SMILES string of the molecule is O=C(O)C1CCCN1c1nc(Cl)nc2sc3c(c12)CCCC3. The summed E-state index contributed by atoms with van der Waals surface area (Å²) in [5, 5.41) is 10.7. The number of aliphatic carboxylic acids is 1. The van der Waals surface area contributed by atoms with Gasteiger partial charge >= 0.3 is 5.97 Å². The van der Waals surface area contributed by atoms with Crippen LogP contribution in [0, 0.1) is 0 Å². The van der Waals surface area contributed by atoms with Crippen molar-refractivity contribution in [2.45, 2.75) is 44.6 Å². The number of thiophene rings is 1. The van der Waals surface area contributed by atoms with Crippen LogP contribution < -0.4 is 4.90 Å². The monoisotopic (exact) mass is 337 g/mol. The molecule has 0 saturated carbocycles.